The van der Waals surface area contributed by atoms with Crippen molar-refractivity contribution in [2.75, 3.05) is 0 Å². The molecule has 0 saturated heterocycles. The van der Waals surface area contributed by atoms with Crippen LogP contribution in [0.4, 0.5) is 0 Å². The molecule has 1 aromatic carbocycles. The molecule has 2 rings (SSSR count). The minimum absolute atomic E-state index is 0.0183. The van der Waals surface area contributed by atoms with Crippen LogP contribution in [0.25, 0.3) is 0 Å². The van der Waals surface area contributed by atoms with Gasteiger partial charge in [-0.3, -0.25) is 0 Å². The first-order valence-corrected chi connectivity index (χ1v) is 7.74. The second kappa shape index (κ2) is 6.09. The molecule has 19 heavy (non-hydrogen) atoms. The zero-order valence-electron chi connectivity index (χ0n) is 12.7. The SMILES string of the molecule is CC(C)(C)C(O)CCCC1CCCc2ccccc21. The highest BCUT2D eigenvalue weighted by Gasteiger charge is 2.23. The summed E-state index contributed by atoms with van der Waals surface area (Å²) in [5.74, 6) is 0.720. The monoisotopic (exact) mass is 260 g/mol. The van der Waals surface area contributed by atoms with Crippen LogP contribution in [-0.2, 0) is 6.42 Å². The Hall–Kier alpha value is -0.820. The number of fused-ring (bicyclic) bond motifs is 1. The third kappa shape index (κ3) is 3.82. The molecular formula is C18H28O. The Morgan fingerprint density at radius 3 is 2.74 bits per heavy atom. The Morgan fingerprint density at radius 1 is 1.26 bits per heavy atom. The summed E-state index contributed by atoms with van der Waals surface area (Å²) >= 11 is 0. The molecule has 0 heterocycles. The van der Waals surface area contributed by atoms with E-state index >= 15 is 0 Å². The molecule has 0 bridgehead atoms. The van der Waals surface area contributed by atoms with Gasteiger partial charge in [-0.2, -0.15) is 0 Å². The van der Waals surface area contributed by atoms with Crippen LogP contribution in [0.5, 0.6) is 0 Å². The van der Waals surface area contributed by atoms with Crippen LogP contribution in [-0.4, -0.2) is 11.2 Å². The first-order valence-electron chi connectivity index (χ1n) is 7.74. The lowest BCUT2D eigenvalue weighted by molar-refractivity contribution is 0.0529. The summed E-state index contributed by atoms with van der Waals surface area (Å²) in [5.41, 5.74) is 3.14. The van der Waals surface area contributed by atoms with Crippen molar-refractivity contribution in [1.29, 1.82) is 0 Å². The van der Waals surface area contributed by atoms with Crippen molar-refractivity contribution in [2.24, 2.45) is 5.41 Å². The molecule has 2 atom stereocenters. The van der Waals surface area contributed by atoms with Crippen LogP contribution in [0.2, 0.25) is 0 Å². The molecule has 0 aliphatic heterocycles. The molecule has 1 N–H and O–H groups in total. The lowest BCUT2D eigenvalue weighted by atomic mass is 9.79. The molecule has 0 fully saturated rings. The van der Waals surface area contributed by atoms with E-state index in [9.17, 15) is 5.11 Å². The van der Waals surface area contributed by atoms with Gasteiger partial charge in [0.15, 0.2) is 0 Å². The molecule has 1 nitrogen and oxygen atoms in total. The summed E-state index contributed by atoms with van der Waals surface area (Å²) in [6.07, 6.45) is 7.01. The smallest absolute Gasteiger partial charge is 0.0588 e. The van der Waals surface area contributed by atoms with E-state index < -0.39 is 0 Å². The van der Waals surface area contributed by atoms with Crippen LogP contribution in [0.1, 0.15) is 69.9 Å². The zero-order valence-corrected chi connectivity index (χ0v) is 12.7. The van der Waals surface area contributed by atoms with Crippen LogP contribution < -0.4 is 0 Å². The van der Waals surface area contributed by atoms with Gasteiger partial charge >= 0.3 is 0 Å². The quantitative estimate of drug-likeness (QED) is 0.833. The fourth-order valence-electron chi connectivity index (χ4n) is 3.15. The topological polar surface area (TPSA) is 20.2 Å². The Bertz CT molecular complexity index is 402. The summed E-state index contributed by atoms with van der Waals surface area (Å²) in [5, 5.41) is 10.1. The number of aliphatic hydroxyl groups excluding tert-OH is 1. The van der Waals surface area contributed by atoms with E-state index in [-0.39, 0.29) is 11.5 Å². The third-order valence-corrected chi connectivity index (χ3v) is 4.52. The molecule has 106 valence electrons. The van der Waals surface area contributed by atoms with E-state index in [4.69, 9.17) is 0 Å². The highest BCUT2D eigenvalue weighted by molar-refractivity contribution is 5.32. The Labute approximate surface area is 118 Å². The number of aryl methyl sites for hydroxylation is 1. The van der Waals surface area contributed by atoms with Gasteiger partial charge in [-0.1, -0.05) is 51.5 Å². The molecule has 1 heteroatoms. The van der Waals surface area contributed by atoms with Crippen molar-refractivity contribution < 1.29 is 5.11 Å². The molecule has 0 radical (unpaired) electrons. The molecule has 1 aliphatic carbocycles. The first kappa shape index (κ1) is 14.6. The van der Waals surface area contributed by atoms with Crippen LogP contribution in [0.3, 0.4) is 0 Å². The standard InChI is InChI=1S/C18H28O/c1-18(2,3)17(19)13-7-11-15-10-6-9-14-8-4-5-12-16(14)15/h4-5,8,12,15,17,19H,6-7,9-11,13H2,1-3H3. The summed E-state index contributed by atoms with van der Waals surface area (Å²) < 4.78 is 0. The van der Waals surface area contributed by atoms with Crippen molar-refractivity contribution in [1.82, 2.24) is 0 Å². The summed E-state index contributed by atoms with van der Waals surface area (Å²) in [6, 6.07) is 8.91. The second-order valence-electron chi connectivity index (χ2n) is 7.10. The number of aliphatic hydroxyl groups is 1. The molecule has 1 aliphatic rings. The van der Waals surface area contributed by atoms with Crippen molar-refractivity contribution in [3.05, 3.63) is 35.4 Å². The number of rotatable bonds is 4. The predicted molar refractivity (Wildman–Crippen MR) is 81.4 cm³/mol. The highest BCUT2D eigenvalue weighted by atomic mass is 16.3. The van der Waals surface area contributed by atoms with Gasteiger partial charge < -0.3 is 5.11 Å². The van der Waals surface area contributed by atoms with E-state index in [0.717, 1.165) is 18.8 Å². The van der Waals surface area contributed by atoms with Crippen molar-refractivity contribution in [3.63, 3.8) is 0 Å². The van der Waals surface area contributed by atoms with Gasteiger partial charge in [0.2, 0.25) is 0 Å². The number of benzene rings is 1. The van der Waals surface area contributed by atoms with E-state index in [1.807, 2.05) is 0 Å². The summed E-state index contributed by atoms with van der Waals surface area (Å²) in [7, 11) is 0. The van der Waals surface area contributed by atoms with Crippen molar-refractivity contribution in [3.8, 4) is 0 Å². The Kier molecular flexibility index (Phi) is 4.67. The second-order valence-corrected chi connectivity index (χ2v) is 7.10. The lowest BCUT2D eigenvalue weighted by Gasteiger charge is -2.28. The maximum absolute atomic E-state index is 10.1. The van der Waals surface area contributed by atoms with Crippen molar-refractivity contribution in [2.45, 2.75) is 71.3 Å². The lowest BCUT2D eigenvalue weighted by Crippen LogP contribution is -2.25. The maximum Gasteiger partial charge on any atom is 0.0588 e. The van der Waals surface area contributed by atoms with E-state index in [0.29, 0.717) is 0 Å². The van der Waals surface area contributed by atoms with E-state index in [1.165, 1.54) is 25.7 Å². The molecule has 0 amide bonds. The molecule has 2 unspecified atom stereocenters. The van der Waals surface area contributed by atoms with Crippen LogP contribution >= 0.6 is 0 Å². The maximum atomic E-state index is 10.1. The summed E-state index contributed by atoms with van der Waals surface area (Å²) in [4.78, 5) is 0. The average molecular weight is 260 g/mol. The Balaban J connectivity index is 1.88. The van der Waals surface area contributed by atoms with Gasteiger partial charge in [-0.25, -0.2) is 0 Å². The van der Waals surface area contributed by atoms with E-state index in [2.05, 4.69) is 45.0 Å². The minimum Gasteiger partial charge on any atom is -0.393 e. The van der Waals surface area contributed by atoms with Gasteiger partial charge in [0.05, 0.1) is 6.10 Å². The molecular weight excluding hydrogens is 232 g/mol. The van der Waals surface area contributed by atoms with Crippen LogP contribution in [0, 0.1) is 5.41 Å². The molecule has 0 saturated carbocycles. The molecule has 1 aromatic rings. The zero-order chi connectivity index (χ0) is 13.9. The van der Waals surface area contributed by atoms with Gasteiger partial charge in [-0.15, -0.1) is 0 Å². The average Bonchev–Trinajstić information content (AvgIpc) is 2.38. The molecule has 0 aromatic heterocycles. The van der Waals surface area contributed by atoms with Gasteiger partial charge in [0, 0.05) is 0 Å². The fourth-order valence-corrected chi connectivity index (χ4v) is 3.15. The highest BCUT2D eigenvalue weighted by Crippen LogP contribution is 2.35. The van der Waals surface area contributed by atoms with Gasteiger partial charge in [0.25, 0.3) is 0 Å². The van der Waals surface area contributed by atoms with E-state index in [1.54, 1.807) is 11.1 Å². The van der Waals surface area contributed by atoms with Gasteiger partial charge in [0.1, 0.15) is 0 Å². The van der Waals surface area contributed by atoms with Crippen molar-refractivity contribution >= 4 is 0 Å². The fraction of sp³-hybridized carbons (Fsp3) is 0.667. The first-order chi connectivity index (χ1) is 8.98. The number of hydrogen-bond donors (Lipinski definition) is 1. The summed E-state index contributed by atoms with van der Waals surface area (Å²) in [6.45, 7) is 6.36. The number of hydrogen-bond acceptors (Lipinski definition) is 1. The normalized spacial score (nSPS) is 20.9. The predicted octanol–water partition coefficient (Wildman–Crippen LogP) is 4.68. The third-order valence-electron chi connectivity index (χ3n) is 4.52. The van der Waals surface area contributed by atoms with Gasteiger partial charge in [-0.05, 0) is 54.6 Å². The van der Waals surface area contributed by atoms with Crippen LogP contribution in [0.15, 0.2) is 24.3 Å². The largest absolute Gasteiger partial charge is 0.393 e. The molecule has 0 spiro atoms. The Morgan fingerprint density at radius 2 is 2.00 bits per heavy atom. The minimum atomic E-state index is -0.175.